The maximum Gasteiger partial charge on any atom is 0.287 e. The van der Waals surface area contributed by atoms with Gasteiger partial charge in [-0.1, -0.05) is 0 Å². The number of nitrogens with one attached hydrogen (secondary N) is 1. The molecule has 1 atom stereocenters. The second-order valence-electron chi connectivity index (χ2n) is 1.33. The third-order valence-corrected chi connectivity index (χ3v) is 2.76. The highest BCUT2D eigenvalue weighted by Gasteiger charge is 2.18. The predicted molar refractivity (Wildman–Crippen MR) is 33.5 cm³/mol. The van der Waals surface area contributed by atoms with Gasteiger partial charge in [0, 0.05) is 6.92 Å². The van der Waals surface area contributed by atoms with Crippen LogP contribution in [-0.2, 0) is 26.1 Å². The Bertz CT molecular complexity index is 253. The van der Waals surface area contributed by atoms with Gasteiger partial charge in [-0.05, 0) is 0 Å². The molecule has 0 amide bonds. The van der Waals surface area contributed by atoms with Crippen molar-refractivity contribution in [2.75, 3.05) is 0 Å². The predicted octanol–water partition coefficient (Wildman–Crippen LogP) is -1.41. The van der Waals surface area contributed by atoms with Crippen molar-refractivity contribution in [2.45, 2.75) is 6.92 Å². The van der Waals surface area contributed by atoms with Crippen LogP contribution in [-0.4, -0.2) is 22.3 Å². The van der Waals surface area contributed by atoms with Crippen LogP contribution >= 0.6 is 0 Å². The van der Waals surface area contributed by atoms with Crippen molar-refractivity contribution in [1.29, 1.82) is 0 Å². The first-order valence-electron chi connectivity index (χ1n) is 2.00. The zero-order chi connectivity index (χ0) is 8.36. The largest absolute Gasteiger partial charge is 0.293 e. The quantitative estimate of drug-likeness (QED) is 0.517. The fourth-order valence-corrected chi connectivity index (χ4v) is 1.37. The highest BCUT2D eigenvalue weighted by Crippen LogP contribution is 1.84. The smallest absolute Gasteiger partial charge is 0.287 e. The zero-order valence-corrected chi connectivity index (χ0v) is 6.53. The molecule has 0 fully saturated rings. The van der Waals surface area contributed by atoms with Gasteiger partial charge >= 0.3 is 0 Å². The third-order valence-electron chi connectivity index (χ3n) is 0.559. The maximum absolute atomic E-state index is 10.3. The Morgan fingerprint density at radius 2 is 2.00 bits per heavy atom. The second kappa shape index (κ2) is 3.19. The minimum atomic E-state index is -4.24. The zero-order valence-electron chi connectivity index (χ0n) is 4.90. The van der Waals surface area contributed by atoms with E-state index in [4.69, 9.17) is 4.55 Å². The summed E-state index contributed by atoms with van der Waals surface area (Å²) in [6.45, 7) is 0.773. The van der Waals surface area contributed by atoms with Gasteiger partial charge in [-0.15, -0.1) is 4.13 Å². The Morgan fingerprint density at radius 1 is 1.60 bits per heavy atom. The van der Waals surface area contributed by atoms with Crippen LogP contribution < -0.4 is 4.13 Å². The Balaban J connectivity index is 4.46. The molecular weight excluding hydrogens is 182 g/mol. The van der Waals surface area contributed by atoms with Gasteiger partial charge < -0.3 is 0 Å². The van der Waals surface area contributed by atoms with Crippen LogP contribution in [0.4, 0.5) is 0 Å². The molecule has 0 radical (unpaired) electrons. The van der Waals surface area contributed by atoms with Gasteiger partial charge in [0.25, 0.3) is 15.1 Å². The number of hydrogen-bond donors (Lipinski definition) is 2. The molecule has 0 aromatic heterocycles. The standard InChI is InChI=1S/C2H5NO5S2/c1-2(4)10(7,8)3-9(5)6/h3H,1H3,(H,5,6). The number of carbonyl (C=O) groups excluding carboxylic acids is 1. The molecule has 10 heavy (non-hydrogen) atoms. The molecule has 60 valence electrons. The first-order chi connectivity index (χ1) is 4.36. The van der Waals surface area contributed by atoms with Gasteiger partial charge in [-0.2, -0.15) is 0 Å². The highest BCUT2D eigenvalue weighted by molar-refractivity contribution is 8.10. The summed E-state index contributed by atoms with van der Waals surface area (Å²) < 4.78 is 39.6. The van der Waals surface area contributed by atoms with Crippen molar-refractivity contribution in [2.24, 2.45) is 0 Å². The summed E-state index contributed by atoms with van der Waals surface area (Å²) >= 11 is -2.71. The Hall–Kier alpha value is -0.310. The van der Waals surface area contributed by atoms with E-state index < -0.39 is 26.4 Å². The number of rotatable bonds is 2. The van der Waals surface area contributed by atoms with Crippen molar-refractivity contribution in [1.82, 2.24) is 4.13 Å². The third kappa shape index (κ3) is 3.01. The van der Waals surface area contributed by atoms with Crippen LogP contribution in [0.15, 0.2) is 0 Å². The van der Waals surface area contributed by atoms with Crippen LogP contribution in [0.5, 0.6) is 0 Å². The normalized spacial score (nSPS) is 14.6. The van der Waals surface area contributed by atoms with Crippen molar-refractivity contribution in [3.63, 3.8) is 0 Å². The van der Waals surface area contributed by atoms with Gasteiger partial charge in [0.05, 0.1) is 0 Å². The van der Waals surface area contributed by atoms with Gasteiger partial charge in [0.15, 0.2) is 0 Å². The summed E-state index contributed by atoms with van der Waals surface area (Å²) in [5.74, 6) is 0. The molecule has 2 N–H and O–H groups in total. The van der Waals surface area contributed by atoms with Crippen LogP contribution in [0.25, 0.3) is 0 Å². The Kier molecular flexibility index (Phi) is 3.09. The summed E-state index contributed by atoms with van der Waals surface area (Å²) in [5, 5.41) is -1.20. The van der Waals surface area contributed by atoms with E-state index in [0.717, 1.165) is 6.92 Å². The summed E-state index contributed by atoms with van der Waals surface area (Å²) in [6, 6.07) is 0. The van der Waals surface area contributed by atoms with E-state index in [1.807, 2.05) is 0 Å². The van der Waals surface area contributed by atoms with Crippen LogP contribution in [0.2, 0.25) is 0 Å². The molecule has 0 heterocycles. The number of sulfonamides is 1. The second-order valence-corrected chi connectivity index (χ2v) is 4.07. The lowest BCUT2D eigenvalue weighted by molar-refractivity contribution is -0.109. The molecule has 0 saturated carbocycles. The van der Waals surface area contributed by atoms with E-state index in [2.05, 4.69) is 0 Å². The summed E-state index contributed by atoms with van der Waals surface area (Å²) in [5.41, 5.74) is 0. The van der Waals surface area contributed by atoms with E-state index >= 15 is 0 Å². The molecule has 8 heteroatoms. The minimum absolute atomic E-state index is 0.773. The summed E-state index contributed by atoms with van der Waals surface area (Å²) in [6.07, 6.45) is 0. The van der Waals surface area contributed by atoms with Crippen molar-refractivity contribution in [3.05, 3.63) is 0 Å². The summed E-state index contributed by atoms with van der Waals surface area (Å²) in [7, 11) is -4.24. The van der Waals surface area contributed by atoms with Gasteiger partial charge in [-0.25, -0.2) is 12.6 Å². The molecule has 0 spiro atoms. The molecule has 6 nitrogen and oxygen atoms in total. The lowest BCUT2D eigenvalue weighted by atomic mass is 10.9. The van der Waals surface area contributed by atoms with E-state index in [1.54, 1.807) is 0 Å². The van der Waals surface area contributed by atoms with E-state index in [0.29, 0.717) is 0 Å². The molecule has 1 unspecified atom stereocenters. The molecule has 0 aliphatic carbocycles. The molecule has 0 bridgehead atoms. The fourth-order valence-electron chi connectivity index (χ4n) is 0.153. The van der Waals surface area contributed by atoms with Crippen LogP contribution in [0.3, 0.4) is 0 Å². The molecular formula is C2H5NO5S2. The molecule has 0 aliphatic rings. The van der Waals surface area contributed by atoms with Gasteiger partial charge in [0.2, 0.25) is 11.3 Å². The van der Waals surface area contributed by atoms with E-state index in [-0.39, 0.29) is 0 Å². The SMILES string of the molecule is CC(=O)S(=O)(=O)NS(=O)O. The maximum atomic E-state index is 10.3. The van der Waals surface area contributed by atoms with E-state index in [9.17, 15) is 17.4 Å². The fraction of sp³-hybridized carbons (Fsp3) is 0.500. The van der Waals surface area contributed by atoms with Gasteiger partial charge in [-0.3, -0.25) is 9.35 Å². The number of hydrogen-bond acceptors (Lipinski definition) is 4. The first kappa shape index (κ1) is 9.69. The average molecular weight is 187 g/mol. The summed E-state index contributed by atoms with van der Waals surface area (Å²) in [4.78, 5) is 10.1. The minimum Gasteiger partial charge on any atom is -0.293 e. The van der Waals surface area contributed by atoms with Crippen LogP contribution in [0, 0.1) is 0 Å². The topological polar surface area (TPSA) is 101 Å². The molecule has 0 rings (SSSR count). The highest BCUT2D eigenvalue weighted by atomic mass is 32.3. The number of carbonyl (C=O) groups is 1. The Labute approximate surface area is 60.1 Å². The Morgan fingerprint density at radius 3 is 2.10 bits per heavy atom. The van der Waals surface area contributed by atoms with Crippen molar-refractivity contribution >= 4 is 26.4 Å². The molecule has 0 aromatic carbocycles. The van der Waals surface area contributed by atoms with Crippen molar-refractivity contribution in [3.8, 4) is 0 Å². The molecule has 0 saturated heterocycles. The average Bonchev–Trinajstić information content (AvgIpc) is 1.60. The monoisotopic (exact) mass is 187 g/mol. The molecule has 0 aliphatic heterocycles. The first-order valence-corrected chi connectivity index (χ1v) is 4.59. The van der Waals surface area contributed by atoms with Gasteiger partial charge in [0.1, 0.15) is 0 Å². The lowest BCUT2D eigenvalue weighted by Gasteiger charge is -1.94. The van der Waals surface area contributed by atoms with E-state index in [1.165, 1.54) is 4.13 Å². The van der Waals surface area contributed by atoms with Crippen LogP contribution in [0.1, 0.15) is 6.92 Å². The molecule has 0 aromatic rings. The lowest BCUT2D eigenvalue weighted by Crippen LogP contribution is -2.30. The van der Waals surface area contributed by atoms with Crippen molar-refractivity contribution < 1.29 is 22.0 Å².